The lowest BCUT2D eigenvalue weighted by molar-refractivity contribution is -0.122. The third-order valence-electron chi connectivity index (χ3n) is 4.95. The predicted octanol–water partition coefficient (Wildman–Crippen LogP) is 2.81. The van der Waals surface area contributed by atoms with Gasteiger partial charge >= 0.3 is 0 Å². The van der Waals surface area contributed by atoms with Crippen molar-refractivity contribution in [3.8, 4) is 0 Å². The minimum Gasteiger partial charge on any atom is -0.312 e. The second kappa shape index (κ2) is 8.56. The van der Waals surface area contributed by atoms with E-state index >= 15 is 0 Å². The number of nitrogens with zero attached hydrogens (tertiary/aromatic N) is 3. The van der Waals surface area contributed by atoms with Gasteiger partial charge in [0.1, 0.15) is 10.8 Å². The normalized spacial score (nSPS) is 16.5. The number of anilines is 2. The van der Waals surface area contributed by atoms with Gasteiger partial charge in [-0.15, -0.1) is 10.2 Å². The van der Waals surface area contributed by atoms with Gasteiger partial charge in [0.25, 0.3) is 0 Å². The molecule has 0 saturated carbocycles. The Morgan fingerprint density at radius 1 is 1.13 bits per heavy atom. The Kier molecular flexibility index (Phi) is 5.84. The minimum atomic E-state index is -3.55. The number of nitrogens with one attached hydrogen (secondary N) is 1. The molecular formula is C21H20N4O4S2. The molecule has 2 heterocycles. The zero-order valence-corrected chi connectivity index (χ0v) is 18.3. The van der Waals surface area contributed by atoms with E-state index in [4.69, 9.17) is 0 Å². The molecule has 1 aliphatic heterocycles. The van der Waals surface area contributed by atoms with Crippen LogP contribution in [0.5, 0.6) is 0 Å². The van der Waals surface area contributed by atoms with Crippen LogP contribution in [0.3, 0.4) is 0 Å². The van der Waals surface area contributed by atoms with Gasteiger partial charge in [0, 0.05) is 18.7 Å². The van der Waals surface area contributed by atoms with E-state index in [1.54, 1.807) is 23.1 Å². The highest BCUT2D eigenvalue weighted by molar-refractivity contribution is 7.90. The highest BCUT2D eigenvalue weighted by Gasteiger charge is 2.35. The zero-order chi connectivity index (χ0) is 22.0. The Labute approximate surface area is 183 Å². The van der Waals surface area contributed by atoms with Crippen LogP contribution in [0.4, 0.5) is 10.8 Å². The molecule has 0 bridgehead atoms. The topological polar surface area (TPSA) is 109 Å². The molecule has 1 atom stereocenters. The quantitative estimate of drug-likeness (QED) is 0.611. The summed E-state index contributed by atoms with van der Waals surface area (Å²) in [7, 11) is -3.55. The summed E-state index contributed by atoms with van der Waals surface area (Å²) in [5, 5.41) is 10.9. The maximum Gasteiger partial charge on any atom is 0.231 e. The standard InChI is InChI=1S/C21H20N4O4S2/c1-14-7-9-16(10-8-14)25-12-15(11-19(25)26)20(27)22-21-24-23-18(30-21)13-31(28,29)17-5-3-2-4-6-17/h2-10,15H,11-13H2,1H3,(H,22,24,27). The number of hydrogen-bond donors (Lipinski definition) is 1. The number of sulfone groups is 1. The van der Waals surface area contributed by atoms with E-state index in [1.165, 1.54) is 12.1 Å². The molecule has 0 aliphatic carbocycles. The molecule has 1 aromatic heterocycles. The van der Waals surface area contributed by atoms with E-state index in [9.17, 15) is 18.0 Å². The molecule has 1 N–H and O–H groups in total. The maximum absolute atomic E-state index is 12.6. The van der Waals surface area contributed by atoms with E-state index in [-0.39, 0.29) is 45.6 Å². The molecule has 1 unspecified atom stereocenters. The third-order valence-corrected chi connectivity index (χ3v) is 7.62. The molecule has 160 valence electrons. The summed E-state index contributed by atoms with van der Waals surface area (Å²) in [5.41, 5.74) is 1.85. The van der Waals surface area contributed by atoms with Gasteiger partial charge < -0.3 is 10.2 Å². The van der Waals surface area contributed by atoms with Crippen molar-refractivity contribution in [1.29, 1.82) is 0 Å². The van der Waals surface area contributed by atoms with Crippen LogP contribution in [0.25, 0.3) is 0 Å². The summed E-state index contributed by atoms with van der Waals surface area (Å²) >= 11 is 1.01. The molecule has 0 spiro atoms. The van der Waals surface area contributed by atoms with E-state index in [2.05, 4.69) is 15.5 Å². The molecule has 2 amide bonds. The first-order valence-electron chi connectivity index (χ1n) is 9.60. The van der Waals surface area contributed by atoms with Gasteiger partial charge in [-0.3, -0.25) is 9.59 Å². The number of carbonyl (C=O) groups is 2. The highest BCUT2D eigenvalue weighted by atomic mass is 32.2. The number of benzene rings is 2. The summed E-state index contributed by atoms with van der Waals surface area (Å²) in [4.78, 5) is 26.8. The van der Waals surface area contributed by atoms with E-state index < -0.39 is 15.8 Å². The number of amides is 2. The van der Waals surface area contributed by atoms with Crippen molar-refractivity contribution in [3.05, 3.63) is 65.2 Å². The Morgan fingerprint density at radius 2 is 1.84 bits per heavy atom. The Bertz CT molecular complexity index is 1210. The van der Waals surface area contributed by atoms with Crippen molar-refractivity contribution in [1.82, 2.24) is 10.2 Å². The Hall–Kier alpha value is -3.11. The predicted molar refractivity (Wildman–Crippen MR) is 118 cm³/mol. The van der Waals surface area contributed by atoms with Crippen LogP contribution in [0.1, 0.15) is 17.0 Å². The molecule has 3 aromatic rings. The van der Waals surface area contributed by atoms with Crippen LogP contribution in [-0.4, -0.2) is 37.0 Å². The largest absolute Gasteiger partial charge is 0.312 e. The molecule has 8 nitrogen and oxygen atoms in total. The Balaban J connectivity index is 1.39. The summed E-state index contributed by atoms with van der Waals surface area (Å²) < 4.78 is 25.0. The smallest absolute Gasteiger partial charge is 0.231 e. The van der Waals surface area contributed by atoms with Crippen molar-refractivity contribution >= 4 is 43.8 Å². The van der Waals surface area contributed by atoms with E-state index in [0.29, 0.717) is 0 Å². The minimum absolute atomic E-state index is 0.105. The number of rotatable bonds is 6. The molecular weight excluding hydrogens is 436 g/mol. The van der Waals surface area contributed by atoms with E-state index in [0.717, 1.165) is 22.6 Å². The summed E-state index contributed by atoms with van der Waals surface area (Å²) in [6, 6.07) is 15.7. The number of aryl methyl sites for hydroxylation is 1. The molecule has 0 radical (unpaired) electrons. The van der Waals surface area contributed by atoms with Crippen LogP contribution in [0, 0.1) is 12.8 Å². The van der Waals surface area contributed by atoms with E-state index in [1.807, 2.05) is 31.2 Å². The van der Waals surface area contributed by atoms with Gasteiger partial charge in [-0.05, 0) is 31.2 Å². The van der Waals surface area contributed by atoms with Crippen LogP contribution in [0.15, 0.2) is 59.5 Å². The van der Waals surface area contributed by atoms with Crippen LogP contribution in [-0.2, 0) is 25.2 Å². The van der Waals surface area contributed by atoms with Gasteiger partial charge in [-0.25, -0.2) is 8.42 Å². The first-order chi connectivity index (χ1) is 14.8. The lowest BCUT2D eigenvalue weighted by Crippen LogP contribution is -2.28. The van der Waals surface area contributed by atoms with Crippen molar-refractivity contribution in [2.24, 2.45) is 5.92 Å². The fourth-order valence-corrected chi connectivity index (χ4v) is 5.66. The average molecular weight is 457 g/mol. The molecule has 1 saturated heterocycles. The first-order valence-corrected chi connectivity index (χ1v) is 12.1. The van der Waals surface area contributed by atoms with Gasteiger partial charge in [-0.2, -0.15) is 0 Å². The summed E-state index contributed by atoms with van der Waals surface area (Å²) in [6.45, 7) is 2.25. The SMILES string of the molecule is Cc1ccc(N2CC(C(=O)Nc3nnc(CS(=O)(=O)c4ccccc4)s3)CC2=O)cc1. The second-order valence-corrected chi connectivity index (χ2v) is 10.4. The van der Waals surface area contributed by atoms with Crippen molar-refractivity contribution in [2.75, 3.05) is 16.8 Å². The monoisotopic (exact) mass is 456 g/mol. The van der Waals surface area contributed by atoms with Gasteiger partial charge in [0.15, 0.2) is 9.84 Å². The average Bonchev–Trinajstić information content (AvgIpc) is 3.35. The van der Waals surface area contributed by atoms with Crippen molar-refractivity contribution in [3.63, 3.8) is 0 Å². The van der Waals surface area contributed by atoms with Gasteiger partial charge in [-0.1, -0.05) is 47.2 Å². The van der Waals surface area contributed by atoms with Crippen molar-refractivity contribution in [2.45, 2.75) is 24.0 Å². The fraction of sp³-hybridized carbons (Fsp3) is 0.238. The number of hydrogen-bond acceptors (Lipinski definition) is 7. The lowest BCUT2D eigenvalue weighted by atomic mass is 10.1. The molecule has 4 rings (SSSR count). The van der Waals surface area contributed by atoms with Gasteiger partial charge in [0.05, 0.1) is 10.8 Å². The summed E-state index contributed by atoms with van der Waals surface area (Å²) in [5.74, 6) is -1.27. The highest BCUT2D eigenvalue weighted by Crippen LogP contribution is 2.27. The summed E-state index contributed by atoms with van der Waals surface area (Å²) in [6.07, 6.45) is 0.105. The van der Waals surface area contributed by atoms with Crippen LogP contribution >= 0.6 is 11.3 Å². The lowest BCUT2D eigenvalue weighted by Gasteiger charge is -2.16. The van der Waals surface area contributed by atoms with Crippen LogP contribution < -0.4 is 10.2 Å². The molecule has 2 aromatic carbocycles. The third kappa shape index (κ3) is 4.80. The molecule has 10 heteroatoms. The molecule has 31 heavy (non-hydrogen) atoms. The zero-order valence-electron chi connectivity index (χ0n) is 16.7. The second-order valence-electron chi connectivity index (χ2n) is 7.30. The fourth-order valence-electron chi connectivity index (χ4n) is 3.30. The Morgan fingerprint density at radius 3 is 2.55 bits per heavy atom. The number of aromatic nitrogens is 2. The van der Waals surface area contributed by atoms with Crippen molar-refractivity contribution < 1.29 is 18.0 Å². The maximum atomic E-state index is 12.6. The van der Waals surface area contributed by atoms with Gasteiger partial charge in [0.2, 0.25) is 16.9 Å². The number of carbonyl (C=O) groups excluding carboxylic acids is 2. The molecule has 1 aliphatic rings. The first kappa shape index (κ1) is 21.1. The van der Waals surface area contributed by atoms with Crippen LogP contribution in [0.2, 0.25) is 0 Å². The molecule has 1 fully saturated rings.